The van der Waals surface area contributed by atoms with Gasteiger partial charge in [-0.25, -0.2) is 9.50 Å². The van der Waals surface area contributed by atoms with Crippen molar-refractivity contribution in [2.45, 2.75) is 27.2 Å². The number of anilines is 1. The van der Waals surface area contributed by atoms with Crippen LogP contribution in [-0.2, 0) is 6.42 Å². The summed E-state index contributed by atoms with van der Waals surface area (Å²) in [5.74, 6) is 1.43. The SMILES string of the molecule is Cc1ccc(N)c2nc(CC(C)C)nn12. The number of aromatic nitrogens is 3. The molecule has 2 N–H and O–H groups in total. The minimum atomic E-state index is 0.559. The summed E-state index contributed by atoms with van der Waals surface area (Å²) in [6.45, 7) is 6.31. The first-order valence-corrected chi connectivity index (χ1v) is 5.18. The summed E-state index contributed by atoms with van der Waals surface area (Å²) in [6, 6.07) is 3.83. The maximum Gasteiger partial charge on any atom is 0.178 e. The monoisotopic (exact) mass is 204 g/mol. The van der Waals surface area contributed by atoms with Gasteiger partial charge in [-0.1, -0.05) is 13.8 Å². The Hall–Kier alpha value is -1.58. The van der Waals surface area contributed by atoms with Crippen LogP contribution in [0, 0.1) is 12.8 Å². The van der Waals surface area contributed by atoms with Crippen molar-refractivity contribution in [1.82, 2.24) is 14.6 Å². The summed E-state index contributed by atoms with van der Waals surface area (Å²) < 4.78 is 1.81. The second-order valence-corrected chi connectivity index (χ2v) is 4.29. The van der Waals surface area contributed by atoms with Crippen molar-refractivity contribution >= 4 is 11.3 Å². The van der Waals surface area contributed by atoms with Gasteiger partial charge in [0.1, 0.15) is 0 Å². The first-order valence-electron chi connectivity index (χ1n) is 5.18. The van der Waals surface area contributed by atoms with Crippen LogP contribution in [0.4, 0.5) is 5.69 Å². The molecule has 0 aliphatic heterocycles. The lowest BCUT2D eigenvalue weighted by atomic mass is 10.1. The van der Waals surface area contributed by atoms with Gasteiger partial charge in [0, 0.05) is 12.1 Å². The third-order valence-corrected chi connectivity index (χ3v) is 2.34. The Morgan fingerprint density at radius 1 is 1.40 bits per heavy atom. The minimum absolute atomic E-state index is 0.559. The Kier molecular flexibility index (Phi) is 2.34. The van der Waals surface area contributed by atoms with E-state index in [-0.39, 0.29) is 0 Å². The molecule has 0 radical (unpaired) electrons. The highest BCUT2D eigenvalue weighted by Gasteiger charge is 2.09. The summed E-state index contributed by atoms with van der Waals surface area (Å²) in [4.78, 5) is 4.44. The molecule has 4 nitrogen and oxygen atoms in total. The van der Waals surface area contributed by atoms with E-state index in [1.54, 1.807) is 0 Å². The van der Waals surface area contributed by atoms with Crippen molar-refractivity contribution in [2.24, 2.45) is 5.92 Å². The van der Waals surface area contributed by atoms with Crippen molar-refractivity contribution in [3.8, 4) is 0 Å². The van der Waals surface area contributed by atoms with Crippen LogP contribution in [-0.4, -0.2) is 14.6 Å². The maximum absolute atomic E-state index is 5.85. The molecule has 0 fully saturated rings. The predicted octanol–water partition coefficient (Wildman–Crippen LogP) is 1.82. The normalized spacial score (nSPS) is 11.5. The van der Waals surface area contributed by atoms with Crippen LogP contribution in [0.25, 0.3) is 5.65 Å². The number of hydrogen-bond donors (Lipinski definition) is 1. The zero-order valence-corrected chi connectivity index (χ0v) is 9.36. The average Bonchev–Trinajstić information content (AvgIpc) is 2.55. The van der Waals surface area contributed by atoms with Gasteiger partial charge in [0.2, 0.25) is 0 Å². The molecule has 0 amide bonds. The molecule has 4 heteroatoms. The number of nitrogens with two attached hydrogens (primary N) is 1. The number of fused-ring (bicyclic) bond motifs is 1. The van der Waals surface area contributed by atoms with Gasteiger partial charge in [0.15, 0.2) is 11.5 Å². The molecule has 0 saturated heterocycles. The maximum atomic E-state index is 5.85. The van der Waals surface area contributed by atoms with Crippen molar-refractivity contribution in [3.05, 3.63) is 23.7 Å². The third kappa shape index (κ3) is 1.79. The first-order chi connectivity index (χ1) is 7.08. The number of nitrogen functional groups attached to an aromatic ring is 1. The van der Waals surface area contributed by atoms with E-state index < -0.39 is 0 Å². The molecule has 0 aliphatic rings. The van der Waals surface area contributed by atoms with Crippen molar-refractivity contribution in [1.29, 1.82) is 0 Å². The molecule has 0 atom stereocenters. The number of nitrogens with zero attached hydrogens (tertiary/aromatic N) is 3. The van der Waals surface area contributed by atoms with Crippen LogP contribution in [0.2, 0.25) is 0 Å². The zero-order chi connectivity index (χ0) is 11.0. The van der Waals surface area contributed by atoms with E-state index >= 15 is 0 Å². The van der Waals surface area contributed by atoms with Crippen molar-refractivity contribution in [3.63, 3.8) is 0 Å². The second-order valence-electron chi connectivity index (χ2n) is 4.29. The van der Waals surface area contributed by atoms with Crippen molar-refractivity contribution in [2.75, 3.05) is 5.73 Å². The van der Waals surface area contributed by atoms with Crippen LogP contribution >= 0.6 is 0 Å². The molecule has 0 spiro atoms. The van der Waals surface area contributed by atoms with E-state index in [2.05, 4.69) is 23.9 Å². The smallest absolute Gasteiger partial charge is 0.178 e. The Morgan fingerprint density at radius 2 is 2.13 bits per heavy atom. The molecule has 15 heavy (non-hydrogen) atoms. The summed E-state index contributed by atoms with van der Waals surface area (Å²) in [5, 5.41) is 4.44. The van der Waals surface area contributed by atoms with Gasteiger partial charge < -0.3 is 5.73 Å². The highest BCUT2D eigenvalue weighted by molar-refractivity contribution is 5.64. The predicted molar refractivity (Wildman–Crippen MR) is 60.7 cm³/mol. The summed E-state index contributed by atoms with van der Waals surface area (Å²) in [7, 11) is 0. The van der Waals surface area contributed by atoms with Gasteiger partial charge >= 0.3 is 0 Å². The average molecular weight is 204 g/mol. The molecule has 0 saturated carbocycles. The van der Waals surface area contributed by atoms with E-state index in [1.165, 1.54) is 0 Å². The van der Waals surface area contributed by atoms with E-state index in [0.29, 0.717) is 11.6 Å². The Balaban J connectivity index is 2.54. The quantitative estimate of drug-likeness (QED) is 0.811. The van der Waals surface area contributed by atoms with Crippen LogP contribution in [0.1, 0.15) is 25.4 Å². The Bertz CT molecular complexity index is 446. The topological polar surface area (TPSA) is 56.2 Å². The summed E-state index contributed by atoms with van der Waals surface area (Å²) in [6.07, 6.45) is 0.889. The first kappa shape index (κ1) is 9.96. The van der Waals surface area contributed by atoms with E-state index in [0.717, 1.165) is 23.6 Å². The lowest BCUT2D eigenvalue weighted by molar-refractivity contribution is 0.619. The second kappa shape index (κ2) is 3.53. The highest BCUT2D eigenvalue weighted by Crippen LogP contribution is 2.14. The fraction of sp³-hybridized carbons (Fsp3) is 0.455. The molecule has 2 heterocycles. The van der Waals surface area contributed by atoms with Gasteiger partial charge in [-0.05, 0) is 25.0 Å². The van der Waals surface area contributed by atoms with Gasteiger partial charge in [-0.2, -0.15) is 5.10 Å². The molecule has 0 unspecified atom stereocenters. The standard InChI is InChI=1S/C11H16N4/c1-7(2)6-10-13-11-9(12)5-4-8(3)15(11)14-10/h4-5,7H,6,12H2,1-3H3. The molecular weight excluding hydrogens is 188 g/mol. The molecule has 2 aromatic rings. The third-order valence-electron chi connectivity index (χ3n) is 2.34. The van der Waals surface area contributed by atoms with Crippen LogP contribution in [0.5, 0.6) is 0 Å². The zero-order valence-electron chi connectivity index (χ0n) is 9.36. The largest absolute Gasteiger partial charge is 0.396 e. The fourth-order valence-electron chi connectivity index (χ4n) is 1.59. The molecule has 2 aromatic heterocycles. The Morgan fingerprint density at radius 3 is 2.73 bits per heavy atom. The Labute approximate surface area is 89.1 Å². The lowest BCUT2D eigenvalue weighted by Crippen LogP contribution is -1.98. The van der Waals surface area contributed by atoms with E-state index in [1.807, 2.05) is 23.6 Å². The van der Waals surface area contributed by atoms with Crippen molar-refractivity contribution < 1.29 is 0 Å². The number of rotatable bonds is 2. The number of aryl methyl sites for hydroxylation is 1. The minimum Gasteiger partial charge on any atom is -0.396 e. The molecule has 0 aromatic carbocycles. The van der Waals surface area contributed by atoms with Gasteiger partial charge in [0.25, 0.3) is 0 Å². The summed E-state index contributed by atoms with van der Waals surface area (Å²) in [5.41, 5.74) is 8.36. The fourth-order valence-corrected chi connectivity index (χ4v) is 1.59. The van der Waals surface area contributed by atoms with E-state index in [4.69, 9.17) is 5.73 Å². The van der Waals surface area contributed by atoms with Gasteiger partial charge in [-0.15, -0.1) is 0 Å². The molecule has 0 aliphatic carbocycles. The lowest BCUT2D eigenvalue weighted by Gasteiger charge is -1.98. The van der Waals surface area contributed by atoms with Crippen LogP contribution in [0.3, 0.4) is 0 Å². The highest BCUT2D eigenvalue weighted by atomic mass is 15.3. The number of pyridine rings is 1. The van der Waals surface area contributed by atoms with E-state index in [9.17, 15) is 0 Å². The molecule has 2 rings (SSSR count). The summed E-state index contributed by atoms with van der Waals surface area (Å²) >= 11 is 0. The number of hydrogen-bond acceptors (Lipinski definition) is 3. The van der Waals surface area contributed by atoms with Crippen LogP contribution < -0.4 is 5.73 Å². The van der Waals surface area contributed by atoms with Gasteiger partial charge in [-0.3, -0.25) is 0 Å². The molecule has 80 valence electrons. The van der Waals surface area contributed by atoms with Gasteiger partial charge in [0.05, 0.1) is 5.69 Å². The molecular formula is C11H16N4. The van der Waals surface area contributed by atoms with Crippen LogP contribution in [0.15, 0.2) is 12.1 Å². The molecule has 0 bridgehead atoms.